The summed E-state index contributed by atoms with van der Waals surface area (Å²) in [6.07, 6.45) is 6.42. The Morgan fingerprint density at radius 3 is 2.75 bits per heavy atom. The molecule has 0 unspecified atom stereocenters. The van der Waals surface area contributed by atoms with E-state index in [1.165, 1.54) is 38.2 Å². The van der Waals surface area contributed by atoms with Gasteiger partial charge in [0.1, 0.15) is 5.82 Å². The third kappa shape index (κ3) is 3.29. The Balaban J connectivity index is 1.90. The van der Waals surface area contributed by atoms with Crippen LogP contribution in [0.5, 0.6) is 0 Å². The summed E-state index contributed by atoms with van der Waals surface area (Å²) in [6, 6.07) is 5.68. The molecule has 16 heavy (non-hydrogen) atoms. The van der Waals surface area contributed by atoms with Gasteiger partial charge in [0.15, 0.2) is 0 Å². The molecule has 0 bridgehead atoms. The summed E-state index contributed by atoms with van der Waals surface area (Å²) in [5, 5.41) is 3.45. The highest BCUT2D eigenvalue weighted by Gasteiger charge is 2.13. The molecule has 1 fully saturated rings. The van der Waals surface area contributed by atoms with Crippen LogP contribution in [0, 0.1) is 5.82 Å². The van der Waals surface area contributed by atoms with Gasteiger partial charge >= 0.3 is 0 Å². The molecule has 0 atom stereocenters. The summed E-state index contributed by atoms with van der Waals surface area (Å²) >= 11 is 3.37. The molecule has 1 nitrogen and oxygen atoms in total. The number of benzene rings is 1. The van der Waals surface area contributed by atoms with E-state index in [4.69, 9.17) is 0 Å². The maximum Gasteiger partial charge on any atom is 0.127 e. The van der Waals surface area contributed by atoms with Gasteiger partial charge in [-0.15, -0.1) is 0 Å². The molecule has 2 rings (SSSR count). The molecule has 1 saturated carbocycles. The molecule has 1 aliphatic rings. The van der Waals surface area contributed by atoms with Crippen LogP contribution in [0.15, 0.2) is 22.7 Å². The molecule has 0 aliphatic heterocycles. The second-order valence-electron chi connectivity index (χ2n) is 4.45. The Labute approximate surface area is 105 Å². The molecule has 1 N–H and O–H groups in total. The molecule has 1 aromatic carbocycles. The Kier molecular flexibility index (Phi) is 4.36. The van der Waals surface area contributed by atoms with Gasteiger partial charge in [-0.25, -0.2) is 4.39 Å². The molecule has 1 aromatic rings. The Hall–Kier alpha value is -0.410. The van der Waals surface area contributed by atoms with Gasteiger partial charge < -0.3 is 5.32 Å². The standard InChI is InChI=1S/C13H17BrFN/c14-11-6-7-13(15)10(8-11)9-16-12-4-2-1-3-5-12/h6-8,12,16H,1-5,9H2. The predicted octanol–water partition coefficient (Wildman–Crippen LogP) is 4.01. The van der Waals surface area contributed by atoms with Crippen molar-refractivity contribution >= 4 is 15.9 Å². The first-order valence-corrected chi connectivity index (χ1v) is 6.72. The lowest BCUT2D eigenvalue weighted by atomic mass is 9.95. The fourth-order valence-electron chi connectivity index (χ4n) is 2.24. The highest BCUT2D eigenvalue weighted by Crippen LogP contribution is 2.19. The van der Waals surface area contributed by atoms with E-state index in [0.29, 0.717) is 12.6 Å². The van der Waals surface area contributed by atoms with Crippen molar-refractivity contribution in [2.75, 3.05) is 0 Å². The summed E-state index contributed by atoms with van der Waals surface area (Å²) in [5.74, 6) is -0.119. The average Bonchev–Trinajstić information content (AvgIpc) is 2.32. The van der Waals surface area contributed by atoms with E-state index >= 15 is 0 Å². The van der Waals surface area contributed by atoms with Crippen LogP contribution in [-0.4, -0.2) is 6.04 Å². The summed E-state index contributed by atoms with van der Waals surface area (Å²) in [6.45, 7) is 0.635. The van der Waals surface area contributed by atoms with E-state index in [0.717, 1.165) is 10.0 Å². The highest BCUT2D eigenvalue weighted by atomic mass is 79.9. The first-order chi connectivity index (χ1) is 7.75. The van der Waals surface area contributed by atoms with Gasteiger partial charge in [-0.2, -0.15) is 0 Å². The van der Waals surface area contributed by atoms with Crippen molar-refractivity contribution in [1.82, 2.24) is 5.32 Å². The first kappa shape index (κ1) is 12.1. The molecule has 88 valence electrons. The van der Waals surface area contributed by atoms with E-state index < -0.39 is 0 Å². The minimum absolute atomic E-state index is 0.119. The zero-order valence-corrected chi connectivity index (χ0v) is 10.9. The quantitative estimate of drug-likeness (QED) is 0.885. The van der Waals surface area contributed by atoms with Gasteiger partial charge in [-0.1, -0.05) is 35.2 Å². The smallest absolute Gasteiger partial charge is 0.127 e. The zero-order chi connectivity index (χ0) is 11.4. The largest absolute Gasteiger partial charge is 0.310 e. The molecule has 0 spiro atoms. The van der Waals surface area contributed by atoms with Crippen LogP contribution in [0.1, 0.15) is 37.7 Å². The van der Waals surface area contributed by atoms with Gasteiger partial charge in [0.25, 0.3) is 0 Å². The summed E-state index contributed by atoms with van der Waals surface area (Å²) < 4.78 is 14.4. The van der Waals surface area contributed by atoms with Crippen LogP contribution < -0.4 is 5.32 Å². The highest BCUT2D eigenvalue weighted by molar-refractivity contribution is 9.10. The molecule has 0 amide bonds. The SMILES string of the molecule is Fc1ccc(Br)cc1CNC1CCCCC1. The first-order valence-electron chi connectivity index (χ1n) is 5.93. The van der Waals surface area contributed by atoms with Crippen molar-refractivity contribution in [2.24, 2.45) is 0 Å². The minimum Gasteiger partial charge on any atom is -0.310 e. The predicted molar refractivity (Wildman–Crippen MR) is 67.8 cm³/mol. The van der Waals surface area contributed by atoms with E-state index in [9.17, 15) is 4.39 Å². The maximum atomic E-state index is 13.5. The molecule has 0 saturated heterocycles. The fourth-order valence-corrected chi connectivity index (χ4v) is 2.65. The maximum absolute atomic E-state index is 13.5. The van der Waals surface area contributed by atoms with Crippen LogP contribution >= 0.6 is 15.9 Å². The van der Waals surface area contributed by atoms with Crippen molar-refractivity contribution in [3.8, 4) is 0 Å². The number of rotatable bonds is 3. The molecule has 0 heterocycles. The Morgan fingerprint density at radius 1 is 1.25 bits per heavy atom. The summed E-state index contributed by atoms with van der Waals surface area (Å²) in [7, 11) is 0. The van der Waals surface area contributed by atoms with Crippen LogP contribution in [0.25, 0.3) is 0 Å². The average molecular weight is 286 g/mol. The summed E-state index contributed by atoms with van der Waals surface area (Å²) in [4.78, 5) is 0. The van der Waals surface area contributed by atoms with Crippen LogP contribution in [0.2, 0.25) is 0 Å². The van der Waals surface area contributed by atoms with Crippen LogP contribution in [0.4, 0.5) is 4.39 Å². The number of hydrogen-bond donors (Lipinski definition) is 1. The van der Waals surface area contributed by atoms with E-state index in [1.54, 1.807) is 6.07 Å². The lowest BCUT2D eigenvalue weighted by Gasteiger charge is -2.23. The zero-order valence-electron chi connectivity index (χ0n) is 9.31. The van der Waals surface area contributed by atoms with E-state index in [-0.39, 0.29) is 5.82 Å². The lowest BCUT2D eigenvalue weighted by molar-refractivity contribution is 0.370. The van der Waals surface area contributed by atoms with Gasteiger partial charge in [-0.3, -0.25) is 0 Å². The van der Waals surface area contributed by atoms with Gasteiger partial charge in [0, 0.05) is 22.6 Å². The van der Waals surface area contributed by atoms with Gasteiger partial charge in [0.2, 0.25) is 0 Å². The minimum atomic E-state index is -0.119. The third-order valence-corrected chi connectivity index (χ3v) is 3.69. The monoisotopic (exact) mass is 285 g/mol. The van der Waals surface area contributed by atoms with Crippen LogP contribution in [0.3, 0.4) is 0 Å². The molecule has 0 aromatic heterocycles. The van der Waals surface area contributed by atoms with Crippen molar-refractivity contribution in [1.29, 1.82) is 0 Å². The number of halogens is 2. The molecule has 1 aliphatic carbocycles. The molecule has 0 radical (unpaired) electrons. The van der Waals surface area contributed by atoms with Crippen molar-refractivity contribution in [3.63, 3.8) is 0 Å². The summed E-state index contributed by atoms with van der Waals surface area (Å²) in [5.41, 5.74) is 0.750. The second kappa shape index (κ2) is 5.78. The van der Waals surface area contributed by atoms with Crippen LogP contribution in [-0.2, 0) is 6.54 Å². The van der Waals surface area contributed by atoms with Gasteiger partial charge in [-0.05, 0) is 31.0 Å². The topological polar surface area (TPSA) is 12.0 Å². The van der Waals surface area contributed by atoms with Crippen molar-refractivity contribution in [3.05, 3.63) is 34.1 Å². The number of hydrogen-bond acceptors (Lipinski definition) is 1. The normalized spacial score (nSPS) is 17.6. The second-order valence-corrected chi connectivity index (χ2v) is 5.37. The Morgan fingerprint density at radius 2 is 2.00 bits per heavy atom. The Bertz CT molecular complexity index is 348. The van der Waals surface area contributed by atoms with Crippen molar-refractivity contribution < 1.29 is 4.39 Å². The van der Waals surface area contributed by atoms with E-state index in [2.05, 4.69) is 21.2 Å². The van der Waals surface area contributed by atoms with Crippen molar-refractivity contribution in [2.45, 2.75) is 44.7 Å². The molecular formula is C13H17BrFN. The fraction of sp³-hybridized carbons (Fsp3) is 0.538. The third-order valence-electron chi connectivity index (χ3n) is 3.19. The van der Waals surface area contributed by atoms with E-state index in [1.807, 2.05) is 6.07 Å². The number of nitrogens with one attached hydrogen (secondary N) is 1. The molecule has 3 heteroatoms. The lowest BCUT2D eigenvalue weighted by Crippen LogP contribution is -2.30. The molecular weight excluding hydrogens is 269 g/mol. The van der Waals surface area contributed by atoms with Gasteiger partial charge in [0.05, 0.1) is 0 Å².